The van der Waals surface area contributed by atoms with Crippen LogP contribution >= 0.6 is 0 Å². The fraction of sp³-hybridized carbons (Fsp3) is 0.133. The van der Waals surface area contributed by atoms with Gasteiger partial charge in [0.2, 0.25) is 0 Å². The maximum absolute atomic E-state index is 13.0. The van der Waals surface area contributed by atoms with Crippen molar-refractivity contribution in [2.24, 2.45) is 0 Å². The van der Waals surface area contributed by atoms with Gasteiger partial charge in [-0.2, -0.15) is 0 Å². The average Bonchev–Trinajstić information content (AvgIpc) is 2.39. The van der Waals surface area contributed by atoms with Gasteiger partial charge in [-0.25, -0.2) is 9.18 Å². The average molecular weight is 259 g/mol. The summed E-state index contributed by atoms with van der Waals surface area (Å²) in [4.78, 5) is 10.8. The first kappa shape index (κ1) is 13.2. The van der Waals surface area contributed by atoms with Crippen LogP contribution < -0.4 is 5.32 Å². The van der Waals surface area contributed by atoms with Gasteiger partial charge >= 0.3 is 5.97 Å². The topological polar surface area (TPSA) is 49.3 Å². The Hall–Kier alpha value is -2.20. The molecule has 0 atom stereocenters. The summed E-state index contributed by atoms with van der Waals surface area (Å²) in [5.74, 6) is -1.20. The summed E-state index contributed by atoms with van der Waals surface area (Å²) in [6.07, 6.45) is 0. The molecule has 0 spiro atoms. The lowest BCUT2D eigenvalue weighted by atomic mass is 10.1. The number of hydrogen-bond acceptors (Lipinski definition) is 2. The van der Waals surface area contributed by atoms with Crippen LogP contribution in [0.2, 0.25) is 0 Å². The highest BCUT2D eigenvalue weighted by atomic mass is 19.1. The van der Waals surface area contributed by atoms with Crippen LogP contribution in [-0.2, 0) is 13.1 Å². The number of nitrogens with one attached hydrogen (secondary N) is 1. The molecule has 3 nitrogen and oxygen atoms in total. The molecule has 0 heterocycles. The van der Waals surface area contributed by atoms with Crippen LogP contribution in [0.15, 0.2) is 48.5 Å². The summed E-state index contributed by atoms with van der Waals surface area (Å²) in [6, 6.07) is 13.1. The van der Waals surface area contributed by atoms with Crippen LogP contribution in [0, 0.1) is 5.82 Å². The molecule has 0 aliphatic heterocycles. The van der Waals surface area contributed by atoms with Gasteiger partial charge in [0, 0.05) is 13.1 Å². The summed E-state index contributed by atoms with van der Waals surface area (Å²) in [5, 5.41) is 12.0. The molecule has 0 bridgehead atoms. The molecule has 2 rings (SSSR count). The zero-order valence-electron chi connectivity index (χ0n) is 10.3. The van der Waals surface area contributed by atoms with Crippen LogP contribution in [0.3, 0.4) is 0 Å². The second kappa shape index (κ2) is 6.11. The van der Waals surface area contributed by atoms with Gasteiger partial charge in [-0.05, 0) is 35.4 Å². The second-order valence-corrected chi connectivity index (χ2v) is 4.24. The molecule has 0 aliphatic rings. The minimum atomic E-state index is -0.938. The Kier molecular flexibility index (Phi) is 4.26. The van der Waals surface area contributed by atoms with E-state index in [1.807, 2.05) is 12.1 Å². The number of halogens is 1. The summed E-state index contributed by atoms with van der Waals surface area (Å²) in [5.41, 5.74) is 2.01. The highest BCUT2D eigenvalue weighted by molar-refractivity contribution is 5.87. The molecule has 0 fully saturated rings. The van der Waals surface area contributed by atoms with Crippen molar-refractivity contribution in [2.75, 3.05) is 0 Å². The Morgan fingerprint density at radius 3 is 2.32 bits per heavy atom. The minimum Gasteiger partial charge on any atom is -0.478 e. The van der Waals surface area contributed by atoms with Gasteiger partial charge in [0.25, 0.3) is 0 Å². The van der Waals surface area contributed by atoms with Gasteiger partial charge in [0.1, 0.15) is 5.82 Å². The molecular weight excluding hydrogens is 245 g/mol. The molecule has 4 heteroatoms. The van der Waals surface area contributed by atoms with E-state index in [0.717, 1.165) is 11.1 Å². The van der Waals surface area contributed by atoms with E-state index in [4.69, 9.17) is 5.11 Å². The van der Waals surface area contributed by atoms with E-state index in [2.05, 4.69) is 5.32 Å². The number of benzene rings is 2. The zero-order valence-corrected chi connectivity index (χ0v) is 10.3. The molecule has 0 unspecified atom stereocenters. The first-order valence-corrected chi connectivity index (χ1v) is 5.92. The molecule has 0 saturated heterocycles. The van der Waals surface area contributed by atoms with E-state index < -0.39 is 5.97 Å². The monoisotopic (exact) mass is 259 g/mol. The van der Waals surface area contributed by atoms with Crippen LogP contribution in [0.4, 0.5) is 4.39 Å². The van der Waals surface area contributed by atoms with Crippen molar-refractivity contribution in [1.82, 2.24) is 5.32 Å². The van der Waals surface area contributed by atoms with E-state index in [1.165, 1.54) is 12.1 Å². The Morgan fingerprint density at radius 2 is 1.68 bits per heavy atom. The third-order valence-corrected chi connectivity index (χ3v) is 2.72. The normalized spacial score (nSPS) is 10.4. The van der Waals surface area contributed by atoms with Gasteiger partial charge in [-0.15, -0.1) is 0 Å². The van der Waals surface area contributed by atoms with Crippen molar-refractivity contribution < 1.29 is 14.3 Å². The van der Waals surface area contributed by atoms with Crippen molar-refractivity contribution in [3.8, 4) is 0 Å². The molecule has 0 saturated carbocycles. The number of aromatic carboxylic acids is 1. The molecule has 0 radical (unpaired) electrons. The quantitative estimate of drug-likeness (QED) is 0.868. The van der Waals surface area contributed by atoms with E-state index in [0.29, 0.717) is 13.1 Å². The van der Waals surface area contributed by atoms with Gasteiger partial charge < -0.3 is 10.4 Å². The fourth-order valence-corrected chi connectivity index (χ4v) is 1.81. The maximum Gasteiger partial charge on any atom is 0.335 e. The summed E-state index contributed by atoms with van der Waals surface area (Å²) in [7, 11) is 0. The third kappa shape index (κ3) is 3.89. The van der Waals surface area contributed by atoms with Crippen LogP contribution in [0.5, 0.6) is 0 Å². The standard InChI is InChI=1S/C15H14FNO2/c16-14-6-2-4-12(8-14)10-17-9-11-3-1-5-13(7-11)15(18)19/h1-8,17H,9-10H2,(H,18,19). The van der Waals surface area contributed by atoms with Crippen molar-refractivity contribution >= 4 is 5.97 Å². The van der Waals surface area contributed by atoms with Crippen molar-refractivity contribution in [1.29, 1.82) is 0 Å². The number of hydrogen-bond donors (Lipinski definition) is 2. The van der Waals surface area contributed by atoms with Gasteiger partial charge in [-0.1, -0.05) is 24.3 Å². The number of rotatable bonds is 5. The van der Waals surface area contributed by atoms with Crippen molar-refractivity contribution in [3.05, 3.63) is 71.0 Å². The van der Waals surface area contributed by atoms with E-state index in [9.17, 15) is 9.18 Å². The molecule has 2 N–H and O–H groups in total. The first-order valence-electron chi connectivity index (χ1n) is 5.92. The predicted molar refractivity (Wildman–Crippen MR) is 70.3 cm³/mol. The van der Waals surface area contributed by atoms with Gasteiger partial charge in [0.05, 0.1) is 5.56 Å². The lowest BCUT2D eigenvalue weighted by molar-refractivity contribution is 0.0696. The largest absolute Gasteiger partial charge is 0.478 e. The highest BCUT2D eigenvalue weighted by Gasteiger charge is 2.03. The Morgan fingerprint density at radius 1 is 1.05 bits per heavy atom. The molecule has 0 aliphatic carbocycles. The van der Waals surface area contributed by atoms with E-state index >= 15 is 0 Å². The Balaban J connectivity index is 1.92. The molecule has 98 valence electrons. The van der Waals surface area contributed by atoms with Gasteiger partial charge in [0.15, 0.2) is 0 Å². The molecular formula is C15H14FNO2. The maximum atomic E-state index is 13.0. The fourth-order valence-electron chi connectivity index (χ4n) is 1.81. The molecule has 19 heavy (non-hydrogen) atoms. The summed E-state index contributed by atoms with van der Waals surface area (Å²) >= 11 is 0. The molecule has 0 aromatic heterocycles. The van der Waals surface area contributed by atoms with Crippen molar-refractivity contribution in [2.45, 2.75) is 13.1 Å². The van der Waals surface area contributed by atoms with E-state index in [1.54, 1.807) is 24.3 Å². The molecule has 2 aromatic carbocycles. The number of carboxylic acid groups (broad SMARTS) is 1. The van der Waals surface area contributed by atoms with Crippen LogP contribution in [0.1, 0.15) is 21.5 Å². The molecule has 0 amide bonds. The lowest BCUT2D eigenvalue weighted by Crippen LogP contribution is -2.13. The minimum absolute atomic E-state index is 0.257. The third-order valence-electron chi connectivity index (χ3n) is 2.72. The van der Waals surface area contributed by atoms with Crippen LogP contribution in [-0.4, -0.2) is 11.1 Å². The van der Waals surface area contributed by atoms with E-state index in [-0.39, 0.29) is 11.4 Å². The predicted octanol–water partition coefficient (Wildman–Crippen LogP) is 2.81. The summed E-state index contributed by atoms with van der Waals surface area (Å²) in [6.45, 7) is 1.08. The zero-order chi connectivity index (χ0) is 13.7. The van der Waals surface area contributed by atoms with Crippen LogP contribution in [0.25, 0.3) is 0 Å². The number of carboxylic acids is 1. The molecule has 2 aromatic rings. The first-order chi connectivity index (χ1) is 9.15. The van der Waals surface area contributed by atoms with Gasteiger partial charge in [-0.3, -0.25) is 0 Å². The second-order valence-electron chi connectivity index (χ2n) is 4.24. The van der Waals surface area contributed by atoms with Crippen molar-refractivity contribution in [3.63, 3.8) is 0 Å². The Labute approximate surface area is 110 Å². The SMILES string of the molecule is O=C(O)c1cccc(CNCc2cccc(F)c2)c1. The smallest absolute Gasteiger partial charge is 0.335 e. The number of carbonyl (C=O) groups is 1. The lowest BCUT2D eigenvalue weighted by Gasteiger charge is -2.06. The summed E-state index contributed by atoms with van der Waals surface area (Å²) < 4.78 is 13.0. The Bertz CT molecular complexity index is 584. The highest BCUT2D eigenvalue weighted by Crippen LogP contribution is 2.06.